The number of nitrogens with zero attached hydrogens (tertiary/aromatic N) is 1. The fourth-order valence-corrected chi connectivity index (χ4v) is 2.42. The Labute approximate surface area is 103 Å². The minimum absolute atomic E-state index is 0.208. The van der Waals surface area contributed by atoms with Gasteiger partial charge < -0.3 is 5.73 Å². The predicted molar refractivity (Wildman–Crippen MR) is 66.9 cm³/mol. The molecule has 5 heteroatoms. The summed E-state index contributed by atoms with van der Waals surface area (Å²) in [5.74, 6) is -0.215. The van der Waals surface area contributed by atoms with Crippen LogP contribution in [0.4, 0.5) is 4.79 Å². The fourth-order valence-electron chi connectivity index (χ4n) is 1.55. The minimum Gasteiger partial charge on any atom is -0.356 e. The molecule has 88 valence electrons. The van der Waals surface area contributed by atoms with E-state index < -0.39 is 0 Å². The molecule has 0 atom stereocenters. The Balaban J connectivity index is 2.22. The Hall–Kier alpha value is -1.59. The van der Waals surface area contributed by atoms with E-state index in [1.54, 1.807) is 6.08 Å². The van der Waals surface area contributed by atoms with Crippen LogP contribution >= 0.6 is 11.8 Å². The maximum atomic E-state index is 11.9. The van der Waals surface area contributed by atoms with Crippen molar-refractivity contribution in [2.45, 2.75) is 0 Å². The molecule has 1 heterocycles. The van der Waals surface area contributed by atoms with E-state index in [1.807, 2.05) is 30.3 Å². The lowest BCUT2D eigenvalue weighted by molar-refractivity contribution is -0.367. The van der Waals surface area contributed by atoms with Crippen molar-refractivity contribution in [3.05, 3.63) is 40.8 Å². The van der Waals surface area contributed by atoms with Gasteiger partial charge in [-0.1, -0.05) is 30.3 Å². The summed E-state index contributed by atoms with van der Waals surface area (Å²) in [7, 11) is 0. The summed E-state index contributed by atoms with van der Waals surface area (Å²) in [6.07, 6.45) is 1.74. The molecule has 2 rings (SSSR count). The van der Waals surface area contributed by atoms with E-state index in [0.717, 1.165) is 17.3 Å². The van der Waals surface area contributed by atoms with Crippen molar-refractivity contribution < 1.29 is 15.3 Å². The number of carbonyl (C=O) groups is 2. The number of hydrogen-bond acceptors (Lipinski definition) is 3. The van der Waals surface area contributed by atoms with Crippen LogP contribution in [0, 0.1) is 0 Å². The van der Waals surface area contributed by atoms with Crippen LogP contribution in [0.25, 0.3) is 6.08 Å². The second-order valence-electron chi connectivity index (χ2n) is 3.60. The molecule has 1 aliphatic heterocycles. The normalized spacial score (nSPS) is 18.2. The maximum Gasteiger partial charge on any atom is 0.293 e. The largest absolute Gasteiger partial charge is 0.356 e. The topological polar surface area (TPSA) is 65.0 Å². The molecule has 4 nitrogen and oxygen atoms in total. The van der Waals surface area contributed by atoms with E-state index in [2.05, 4.69) is 5.73 Å². The lowest BCUT2D eigenvalue weighted by Crippen LogP contribution is -2.55. The monoisotopic (exact) mass is 249 g/mol. The number of carbonyl (C=O) groups excluding carboxylic acids is 2. The molecular weight excluding hydrogens is 236 g/mol. The Bertz CT molecular complexity index is 471. The van der Waals surface area contributed by atoms with Crippen LogP contribution in [-0.2, 0) is 4.79 Å². The summed E-state index contributed by atoms with van der Waals surface area (Å²) >= 11 is 0.987. The van der Waals surface area contributed by atoms with Crippen LogP contribution in [0.1, 0.15) is 5.56 Å². The molecule has 1 aliphatic rings. The van der Waals surface area contributed by atoms with Gasteiger partial charge in [0.2, 0.25) is 0 Å². The molecule has 1 aromatic rings. The summed E-state index contributed by atoms with van der Waals surface area (Å²) in [4.78, 5) is 25.2. The summed E-state index contributed by atoms with van der Waals surface area (Å²) in [6, 6.07) is 9.49. The van der Waals surface area contributed by atoms with E-state index in [1.165, 1.54) is 4.90 Å². The molecule has 0 unspecified atom stereocenters. The van der Waals surface area contributed by atoms with Gasteiger partial charge in [0, 0.05) is 0 Å². The smallest absolute Gasteiger partial charge is 0.293 e. The van der Waals surface area contributed by atoms with E-state index >= 15 is 0 Å². The van der Waals surface area contributed by atoms with Gasteiger partial charge in [-0.05, 0) is 23.4 Å². The maximum absolute atomic E-state index is 11.9. The summed E-state index contributed by atoms with van der Waals surface area (Å²) in [5, 5.41) is -0.208. The second kappa shape index (κ2) is 5.16. The molecule has 2 amide bonds. The van der Waals surface area contributed by atoms with Crippen molar-refractivity contribution in [1.29, 1.82) is 0 Å². The molecule has 0 radical (unpaired) electrons. The Morgan fingerprint density at radius 3 is 2.59 bits per heavy atom. The molecule has 0 spiro atoms. The highest BCUT2D eigenvalue weighted by molar-refractivity contribution is 8.18. The van der Waals surface area contributed by atoms with Crippen molar-refractivity contribution in [3.63, 3.8) is 0 Å². The van der Waals surface area contributed by atoms with Crippen molar-refractivity contribution in [3.8, 4) is 0 Å². The average molecular weight is 249 g/mol. The van der Waals surface area contributed by atoms with Gasteiger partial charge in [-0.3, -0.25) is 14.5 Å². The predicted octanol–water partition coefficient (Wildman–Crippen LogP) is 0.965. The third-order valence-corrected chi connectivity index (χ3v) is 3.26. The number of benzene rings is 1. The van der Waals surface area contributed by atoms with Crippen LogP contribution < -0.4 is 5.73 Å². The van der Waals surface area contributed by atoms with Gasteiger partial charge >= 0.3 is 0 Å². The Kier molecular flexibility index (Phi) is 3.61. The van der Waals surface area contributed by atoms with Gasteiger partial charge in [0.1, 0.15) is 0 Å². The lowest BCUT2D eigenvalue weighted by Gasteiger charge is -2.08. The number of thioether (sulfide) groups is 1. The van der Waals surface area contributed by atoms with E-state index in [9.17, 15) is 9.59 Å². The summed E-state index contributed by atoms with van der Waals surface area (Å²) < 4.78 is 0. The molecule has 1 saturated heterocycles. The number of hydrogen-bond donors (Lipinski definition) is 1. The molecule has 1 aromatic carbocycles. The molecule has 0 bridgehead atoms. The highest BCUT2D eigenvalue weighted by Crippen LogP contribution is 2.31. The average Bonchev–Trinajstić information content (AvgIpc) is 2.59. The number of amides is 2. The van der Waals surface area contributed by atoms with E-state index in [-0.39, 0.29) is 11.1 Å². The first kappa shape index (κ1) is 11.9. The first-order valence-corrected chi connectivity index (χ1v) is 6.13. The van der Waals surface area contributed by atoms with Crippen molar-refractivity contribution in [1.82, 2.24) is 4.90 Å². The molecule has 3 N–H and O–H groups in total. The zero-order valence-electron chi connectivity index (χ0n) is 9.26. The van der Waals surface area contributed by atoms with Gasteiger partial charge in [0.25, 0.3) is 11.1 Å². The minimum atomic E-state index is -0.215. The third-order valence-electron chi connectivity index (χ3n) is 2.35. The van der Waals surface area contributed by atoms with Gasteiger partial charge in [-0.2, -0.15) is 0 Å². The molecule has 0 aromatic heterocycles. The van der Waals surface area contributed by atoms with Crippen molar-refractivity contribution in [2.75, 3.05) is 13.1 Å². The molecule has 0 aliphatic carbocycles. The van der Waals surface area contributed by atoms with Crippen molar-refractivity contribution >= 4 is 29.0 Å². The number of quaternary nitrogens is 1. The van der Waals surface area contributed by atoms with E-state index in [0.29, 0.717) is 18.0 Å². The van der Waals surface area contributed by atoms with Gasteiger partial charge in [0.15, 0.2) is 0 Å². The van der Waals surface area contributed by atoms with Gasteiger partial charge in [0.05, 0.1) is 18.0 Å². The van der Waals surface area contributed by atoms with E-state index in [4.69, 9.17) is 0 Å². The summed E-state index contributed by atoms with van der Waals surface area (Å²) in [6.45, 7) is 0.924. The SMILES string of the molecule is [NH3+]CCN1C(=O)S/C(=C\c2ccccc2)C1=O. The number of rotatable bonds is 3. The molecule has 0 saturated carbocycles. The third kappa shape index (κ3) is 2.57. The highest BCUT2D eigenvalue weighted by atomic mass is 32.2. The molecule has 1 fully saturated rings. The van der Waals surface area contributed by atoms with Crippen LogP contribution in [0.2, 0.25) is 0 Å². The zero-order chi connectivity index (χ0) is 12.3. The number of imide groups is 1. The van der Waals surface area contributed by atoms with Gasteiger partial charge in [-0.25, -0.2) is 0 Å². The van der Waals surface area contributed by atoms with Crippen LogP contribution in [0.5, 0.6) is 0 Å². The highest BCUT2D eigenvalue weighted by Gasteiger charge is 2.34. The first-order valence-electron chi connectivity index (χ1n) is 5.32. The summed E-state index contributed by atoms with van der Waals surface area (Å²) in [5.41, 5.74) is 4.58. The molecular formula is C12H13N2O2S+. The Morgan fingerprint density at radius 2 is 1.94 bits per heavy atom. The zero-order valence-corrected chi connectivity index (χ0v) is 10.1. The fraction of sp³-hybridized carbons (Fsp3) is 0.167. The quantitative estimate of drug-likeness (QED) is 0.812. The standard InChI is InChI=1S/C12H12N2O2S/c13-6-7-14-11(15)10(17-12(14)16)8-9-4-2-1-3-5-9/h1-5,8H,6-7,13H2/p+1/b10-8-. The van der Waals surface area contributed by atoms with Gasteiger partial charge in [-0.15, -0.1) is 0 Å². The lowest BCUT2D eigenvalue weighted by atomic mass is 10.2. The van der Waals surface area contributed by atoms with Crippen molar-refractivity contribution in [2.24, 2.45) is 0 Å². The molecule has 17 heavy (non-hydrogen) atoms. The first-order chi connectivity index (χ1) is 8.22. The van der Waals surface area contributed by atoms with Crippen LogP contribution in [0.3, 0.4) is 0 Å². The van der Waals surface area contributed by atoms with Crippen LogP contribution in [0.15, 0.2) is 35.2 Å². The Morgan fingerprint density at radius 1 is 1.24 bits per heavy atom. The second-order valence-corrected chi connectivity index (χ2v) is 4.59. The van der Waals surface area contributed by atoms with Crippen LogP contribution in [-0.4, -0.2) is 29.1 Å².